The van der Waals surface area contributed by atoms with Gasteiger partial charge in [-0.25, -0.2) is 9.97 Å². The van der Waals surface area contributed by atoms with Gasteiger partial charge in [0.2, 0.25) is 5.95 Å². The summed E-state index contributed by atoms with van der Waals surface area (Å²) < 4.78 is 3.88. The zero-order valence-corrected chi connectivity index (χ0v) is 20.1. The fraction of sp³-hybridized carbons (Fsp3) is 0.435. The Bertz CT molecular complexity index is 1320. The van der Waals surface area contributed by atoms with Crippen molar-refractivity contribution in [2.24, 2.45) is 18.2 Å². The van der Waals surface area contributed by atoms with Crippen LogP contribution in [0.4, 0.5) is 5.95 Å². The summed E-state index contributed by atoms with van der Waals surface area (Å²) in [6, 6.07) is 4.25. The van der Waals surface area contributed by atoms with Crippen LogP contribution < -0.4 is 16.0 Å². The highest BCUT2D eigenvalue weighted by Gasteiger charge is 2.41. The highest BCUT2D eigenvalue weighted by atomic mass is 35.5. The molecule has 0 bridgehead atoms. The lowest BCUT2D eigenvalue weighted by Gasteiger charge is -2.48. The number of nitrogens with zero attached hydrogens (tertiary/aromatic N) is 6. The van der Waals surface area contributed by atoms with Gasteiger partial charge in [0.15, 0.2) is 5.65 Å². The van der Waals surface area contributed by atoms with Gasteiger partial charge in [0, 0.05) is 67.8 Å². The average molecular weight is 483 g/mol. The molecule has 0 radical (unpaired) electrons. The third-order valence-corrected chi connectivity index (χ3v) is 8.88. The molecule has 10 heteroatoms. The van der Waals surface area contributed by atoms with Crippen LogP contribution >= 0.6 is 23.4 Å². The van der Waals surface area contributed by atoms with E-state index in [-0.39, 0.29) is 11.5 Å². The molecule has 2 saturated heterocycles. The fourth-order valence-corrected chi connectivity index (χ4v) is 6.56. The molecule has 8 nitrogen and oxygen atoms in total. The Morgan fingerprint density at radius 2 is 2.03 bits per heavy atom. The second-order valence-corrected chi connectivity index (χ2v) is 10.6. The molecule has 33 heavy (non-hydrogen) atoms. The van der Waals surface area contributed by atoms with Crippen molar-refractivity contribution >= 4 is 45.9 Å². The van der Waals surface area contributed by atoms with E-state index in [4.69, 9.17) is 22.3 Å². The number of nitrogens with two attached hydrogens (primary N) is 1. The van der Waals surface area contributed by atoms with Crippen molar-refractivity contribution in [2.75, 3.05) is 31.1 Å². The van der Waals surface area contributed by atoms with Gasteiger partial charge in [0.05, 0.1) is 15.4 Å². The summed E-state index contributed by atoms with van der Waals surface area (Å²) in [5.74, 6) is 0.943. The summed E-state index contributed by atoms with van der Waals surface area (Å²) in [6.45, 7) is 3.91. The van der Waals surface area contributed by atoms with Gasteiger partial charge >= 0.3 is 0 Å². The van der Waals surface area contributed by atoms with Crippen molar-refractivity contribution in [2.45, 2.75) is 35.1 Å². The lowest BCUT2D eigenvalue weighted by Crippen LogP contribution is -2.58. The smallest absolute Gasteiger partial charge is 0.211 e. The fourth-order valence-electron chi connectivity index (χ4n) is 5.31. The summed E-state index contributed by atoms with van der Waals surface area (Å²) in [5.41, 5.74) is 8.56. The number of piperidine rings is 2. The average Bonchev–Trinajstić information content (AvgIpc) is 3.46. The minimum atomic E-state index is 0.232. The molecular formula is C23H27ClN8S. The van der Waals surface area contributed by atoms with Crippen molar-refractivity contribution in [3.8, 4) is 0 Å². The molecule has 1 spiro atoms. The Morgan fingerprint density at radius 3 is 2.85 bits per heavy atom. The number of hydrogen-bond acceptors (Lipinski definition) is 7. The van der Waals surface area contributed by atoms with Gasteiger partial charge in [0.1, 0.15) is 0 Å². The normalized spacial score (nSPS) is 20.8. The van der Waals surface area contributed by atoms with Gasteiger partial charge < -0.3 is 16.0 Å². The molecule has 0 amide bonds. The van der Waals surface area contributed by atoms with Crippen molar-refractivity contribution in [3.05, 3.63) is 41.9 Å². The molecular weight excluding hydrogens is 456 g/mol. The number of imidazole rings is 1. The summed E-state index contributed by atoms with van der Waals surface area (Å²) in [5, 5.41) is 9.53. The number of aryl methyl sites for hydroxylation is 1. The Kier molecular flexibility index (Phi) is 5.25. The summed E-state index contributed by atoms with van der Waals surface area (Å²) in [4.78, 5) is 13.8. The van der Waals surface area contributed by atoms with Crippen LogP contribution in [0.25, 0.3) is 16.6 Å². The van der Waals surface area contributed by atoms with E-state index in [0.29, 0.717) is 5.02 Å². The molecule has 2 aliphatic rings. The van der Waals surface area contributed by atoms with Crippen molar-refractivity contribution in [1.29, 1.82) is 0 Å². The maximum absolute atomic E-state index is 6.72. The molecule has 3 N–H and O–H groups in total. The molecule has 0 aliphatic carbocycles. The molecule has 4 aromatic rings. The summed E-state index contributed by atoms with van der Waals surface area (Å²) in [6.07, 6.45) is 11.1. The molecule has 1 aromatic carbocycles. The van der Waals surface area contributed by atoms with E-state index in [1.165, 1.54) is 0 Å². The summed E-state index contributed by atoms with van der Waals surface area (Å²) >= 11 is 8.31. The van der Waals surface area contributed by atoms with Crippen LogP contribution in [-0.4, -0.2) is 56.4 Å². The van der Waals surface area contributed by atoms with Gasteiger partial charge in [-0.3, -0.25) is 9.08 Å². The monoisotopic (exact) mass is 482 g/mol. The number of halogens is 1. The topological polar surface area (TPSA) is 89.3 Å². The number of aromatic nitrogens is 5. The zero-order chi connectivity index (χ0) is 22.6. The van der Waals surface area contributed by atoms with E-state index in [0.717, 1.165) is 77.7 Å². The maximum Gasteiger partial charge on any atom is 0.211 e. The first-order chi connectivity index (χ1) is 16.0. The maximum atomic E-state index is 6.72. The van der Waals surface area contributed by atoms with Gasteiger partial charge in [-0.15, -0.1) is 0 Å². The summed E-state index contributed by atoms with van der Waals surface area (Å²) in [7, 11) is 1.90. The van der Waals surface area contributed by atoms with Crippen LogP contribution in [0.5, 0.6) is 0 Å². The van der Waals surface area contributed by atoms with Crippen LogP contribution in [0, 0.1) is 5.41 Å². The number of fused-ring (bicyclic) bond motifs is 2. The molecule has 3 aromatic heterocycles. The van der Waals surface area contributed by atoms with Gasteiger partial charge in [-0.1, -0.05) is 23.4 Å². The lowest BCUT2D eigenvalue weighted by molar-refractivity contribution is 0.124. The largest absolute Gasteiger partial charge is 0.342 e. The number of hydrogen-bond donors (Lipinski definition) is 2. The molecule has 5 heterocycles. The molecule has 172 valence electrons. The van der Waals surface area contributed by atoms with Crippen molar-refractivity contribution in [3.63, 3.8) is 0 Å². The van der Waals surface area contributed by atoms with E-state index in [9.17, 15) is 0 Å². The van der Waals surface area contributed by atoms with E-state index in [1.807, 2.05) is 44.0 Å². The number of rotatable bonds is 3. The van der Waals surface area contributed by atoms with E-state index in [1.54, 1.807) is 16.4 Å². The third kappa shape index (κ3) is 3.58. The van der Waals surface area contributed by atoms with Crippen LogP contribution in [0.1, 0.15) is 19.3 Å². The minimum Gasteiger partial charge on any atom is -0.342 e. The second kappa shape index (κ2) is 8.16. The van der Waals surface area contributed by atoms with Crippen molar-refractivity contribution < 1.29 is 0 Å². The highest BCUT2D eigenvalue weighted by Crippen LogP contribution is 2.41. The SMILES string of the molecule is Cn1cc2c(Cl)c(Sc3cnc(N4CCC5(CCNCC5N)CC4)n4ccnc34)ccc2n1. The van der Waals surface area contributed by atoms with Crippen LogP contribution in [0.2, 0.25) is 5.02 Å². The number of benzene rings is 1. The Hall–Kier alpha value is -2.33. The van der Waals surface area contributed by atoms with E-state index < -0.39 is 0 Å². The number of anilines is 1. The van der Waals surface area contributed by atoms with Crippen molar-refractivity contribution in [1.82, 2.24) is 29.5 Å². The number of nitrogens with one attached hydrogen (secondary N) is 1. The zero-order valence-electron chi connectivity index (χ0n) is 18.5. The van der Waals surface area contributed by atoms with Gasteiger partial charge in [-0.2, -0.15) is 5.10 Å². The second-order valence-electron chi connectivity index (χ2n) is 9.17. The predicted octanol–water partition coefficient (Wildman–Crippen LogP) is 3.33. The predicted molar refractivity (Wildman–Crippen MR) is 132 cm³/mol. The lowest BCUT2D eigenvalue weighted by atomic mass is 9.69. The third-order valence-electron chi connectivity index (χ3n) is 7.29. The van der Waals surface area contributed by atoms with Gasteiger partial charge in [0.25, 0.3) is 0 Å². The standard InChI is InChI=1S/C23H27ClN8S/c1-30-14-15-16(29-30)2-3-17(20(15)24)33-18-12-28-22(32-11-8-27-21(18)32)31-9-5-23(6-10-31)4-7-26-13-19(23)25/h2-3,8,11-12,14,19,26H,4-7,9-10,13,25H2,1H3. The van der Waals surface area contributed by atoms with Gasteiger partial charge in [-0.05, 0) is 43.4 Å². The van der Waals surface area contributed by atoms with Crippen LogP contribution in [-0.2, 0) is 7.05 Å². The first kappa shape index (κ1) is 21.2. The van der Waals surface area contributed by atoms with E-state index in [2.05, 4.69) is 24.7 Å². The van der Waals surface area contributed by atoms with E-state index >= 15 is 0 Å². The highest BCUT2D eigenvalue weighted by molar-refractivity contribution is 7.99. The first-order valence-electron chi connectivity index (χ1n) is 11.4. The van der Waals surface area contributed by atoms with Crippen LogP contribution in [0.3, 0.4) is 0 Å². The molecule has 6 rings (SSSR count). The Labute approximate surface area is 201 Å². The molecule has 2 aliphatic heterocycles. The quantitative estimate of drug-likeness (QED) is 0.463. The Balaban J connectivity index is 1.28. The molecule has 1 atom stereocenters. The Morgan fingerprint density at radius 1 is 1.18 bits per heavy atom. The van der Waals surface area contributed by atoms with Crippen LogP contribution in [0.15, 0.2) is 46.7 Å². The molecule has 0 saturated carbocycles. The molecule has 1 unspecified atom stereocenters. The first-order valence-corrected chi connectivity index (χ1v) is 12.6. The molecule has 2 fully saturated rings. The minimum absolute atomic E-state index is 0.232.